The average Bonchev–Trinajstić information content (AvgIpc) is 2.48. The van der Waals surface area contributed by atoms with E-state index in [4.69, 9.17) is 0 Å². The Bertz CT molecular complexity index is 358. The number of nitrogens with one attached hydrogen (secondary N) is 1. The predicted octanol–water partition coefficient (Wildman–Crippen LogP) is 2.70. The number of aromatic nitrogens is 2. The fourth-order valence-electron chi connectivity index (χ4n) is 2.00. The molecule has 0 amide bonds. The minimum absolute atomic E-state index is 0.372. The number of aryl methyl sites for hydroxylation is 2. The molecule has 3 heteroatoms. The molecule has 0 aliphatic rings. The average molecular weight is 237 g/mol. The maximum Gasteiger partial charge on any atom is 0.0628 e. The molecule has 0 fully saturated rings. The van der Waals surface area contributed by atoms with Gasteiger partial charge in [-0.1, -0.05) is 20.8 Å². The molecule has 0 aliphatic heterocycles. The van der Waals surface area contributed by atoms with E-state index in [0.29, 0.717) is 5.41 Å². The van der Waals surface area contributed by atoms with Crippen LogP contribution in [0.1, 0.15) is 44.1 Å². The van der Waals surface area contributed by atoms with Gasteiger partial charge in [0.2, 0.25) is 0 Å². The zero-order chi connectivity index (χ0) is 13.1. The second kappa shape index (κ2) is 5.67. The van der Waals surface area contributed by atoms with Crippen LogP contribution in [0.2, 0.25) is 0 Å². The van der Waals surface area contributed by atoms with Gasteiger partial charge in [0.05, 0.1) is 5.69 Å². The summed E-state index contributed by atoms with van der Waals surface area (Å²) in [4.78, 5) is 0. The lowest BCUT2D eigenvalue weighted by Gasteiger charge is -2.18. The van der Waals surface area contributed by atoms with Crippen LogP contribution in [0, 0.1) is 19.3 Å². The van der Waals surface area contributed by atoms with E-state index in [1.807, 2.05) is 7.05 Å². The van der Waals surface area contributed by atoms with Gasteiger partial charge < -0.3 is 5.32 Å². The third-order valence-corrected chi connectivity index (χ3v) is 3.23. The SMILES string of the molecule is CNCCc1c(C)nn(CCC(C)(C)C)c1C. The van der Waals surface area contributed by atoms with E-state index >= 15 is 0 Å². The molecule has 0 unspecified atom stereocenters. The van der Waals surface area contributed by atoms with E-state index < -0.39 is 0 Å². The van der Waals surface area contributed by atoms with E-state index in [1.54, 1.807) is 0 Å². The first kappa shape index (κ1) is 14.2. The highest BCUT2D eigenvalue weighted by Crippen LogP contribution is 2.21. The molecular formula is C14H27N3. The van der Waals surface area contributed by atoms with Crippen molar-refractivity contribution < 1.29 is 0 Å². The van der Waals surface area contributed by atoms with Crippen LogP contribution in [0.4, 0.5) is 0 Å². The Morgan fingerprint density at radius 2 is 1.88 bits per heavy atom. The Kier molecular flexibility index (Phi) is 4.75. The molecule has 0 bridgehead atoms. The minimum atomic E-state index is 0.372. The number of nitrogens with zero attached hydrogens (tertiary/aromatic N) is 2. The normalized spacial score (nSPS) is 12.1. The molecule has 0 spiro atoms. The van der Waals surface area contributed by atoms with Crippen molar-refractivity contribution in [2.24, 2.45) is 5.41 Å². The lowest BCUT2D eigenvalue weighted by molar-refractivity contribution is 0.338. The molecule has 0 atom stereocenters. The van der Waals surface area contributed by atoms with Crippen molar-refractivity contribution in [1.29, 1.82) is 0 Å². The van der Waals surface area contributed by atoms with Gasteiger partial charge >= 0.3 is 0 Å². The van der Waals surface area contributed by atoms with E-state index in [-0.39, 0.29) is 0 Å². The van der Waals surface area contributed by atoms with Crippen molar-refractivity contribution in [2.75, 3.05) is 13.6 Å². The van der Waals surface area contributed by atoms with Gasteiger partial charge in [-0.05, 0) is 51.3 Å². The highest BCUT2D eigenvalue weighted by atomic mass is 15.3. The van der Waals surface area contributed by atoms with E-state index in [0.717, 1.165) is 19.5 Å². The lowest BCUT2D eigenvalue weighted by atomic mass is 9.92. The van der Waals surface area contributed by atoms with Crippen molar-refractivity contribution >= 4 is 0 Å². The Hall–Kier alpha value is -0.830. The van der Waals surface area contributed by atoms with Gasteiger partial charge in [-0.25, -0.2) is 0 Å². The fraction of sp³-hybridized carbons (Fsp3) is 0.786. The van der Waals surface area contributed by atoms with Crippen LogP contribution < -0.4 is 5.32 Å². The summed E-state index contributed by atoms with van der Waals surface area (Å²) in [5.41, 5.74) is 4.30. The quantitative estimate of drug-likeness (QED) is 0.853. The Labute approximate surface area is 106 Å². The highest BCUT2D eigenvalue weighted by molar-refractivity contribution is 5.24. The summed E-state index contributed by atoms with van der Waals surface area (Å²) in [6.45, 7) is 13.2. The molecule has 0 saturated carbocycles. The zero-order valence-corrected chi connectivity index (χ0v) is 12.2. The lowest BCUT2D eigenvalue weighted by Crippen LogP contribution is -2.13. The van der Waals surface area contributed by atoms with Crippen molar-refractivity contribution in [2.45, 2.75) is 54.0 Å². The van der Waals surface area contributed by atoms with Crippen molar-refractivity contribution in [3.8, 4) is 0 Å². The summed E-state index contributed by atoms with van der Waals surface area (Å²) in [5, 5.41) is 7.85. The van der Waals surface area contributed by atoms with Crippen LogP contribution in [0.3, 0.4) is 0 Å². The molecular weight excluding hydrogens is 210 g/mol. The van der Waals surface area contributed by atoms with E-state index in [2.05, 4.69) is 49.7 Å². The van der Waals surface area contributed by atoms with Crippen LogP contribution in [0.25, 0.3) is 0 Å². The first-order valence-electron chi connectivity index (χ1n) is 6.52. The Morgan fingerprint density at radius 3 is 2.41 bits per heavy atom. The molecule has 17 heavy (non-hydrogen) atoms. The zero-order valence-electron chi connectivity index (χ0n) is 12.2. The number of likely N-dealkylation sites (N-methyl/N-ethyl adjacent to an activating group) is 1. The third kappa shape index (κ3) is 4.15. The van der Waals surface area contributed by atoms with Gasteiger partial charge in [-0.3, -0.25) is 4.68 Å². The molecule has 98 valence electrons. The Balaban J connectivity index is 2.74. The second-order valence-electron chi connectivity index (χ2n) is 6.04. The number of hydrogen-bond acceptors (Lipinski definition) is 2. The number of hydrogen-bond donors (Lipinski definition) is 1. The van der Waals surface area contributed by atoms with Gasteiger partial charge in [-0.15, -0.1) is 0 Å². The van der Waals surface area contributed by atoms with Gasteiger partial charge in [0, 0.05) is 12.2 Å². The molecule has 0 saturated heterocycles. The molecule has 1 aromatic heterocycles. The van der Waals surface area contributed by atoms with Crippen LogP contribution in [0.5, 0.6) is 0 Å². The minimum Gasteiger partial charge on any atom is -0.319 e. The highest BCUT2D eigenvalue weighted by Gasteiger charge is 2.14. The maximum atomic E-state index is 4.66. The largest absolute Gasteiger partial charge is 0.319 e. The molecule has 0 radical (unpaired) electrons. The van der Waals surface area contributed by atoms with Crippen molar-refractivity contribution in [3.05, 3.63) is 17.0 Å². The Morgan fingerprint density at radius 1 is 1.24 bits per heavy atom. The van der Waals surface area contributed by atoms with E-state index in [1.165, 1.54) is 23.4 Å². The topological polar surface area (TPSA) is 29.9 Å². The molecule has 0 aliphatic carbocycles. The molecule has 1 rings (SSSR count). The van der Waals surface area contributed by atoms with Gasteiger partial charge in [-0.2, -0.15) is 5.10 Å². The standard InChI is InChI=1S/C14H27N3/c1-11-13(7-9-15-6)12(2)17(16-11)10-8-14(3,4)5/h15H,7-10H2,1-6H3. The summed E-state index contributed by atoms with van der Waals surface area (Å²) >= 11 is 0. The molecule has 0 aromatic carbocycles. The molecule has 1 N–H and O–H groups in total. The van der Waals surface area contributed by atoms with Crippen LogP contribution in [-0.2, 0) is 13.0 Å². The summed E-state index contributed by atoms with van der Waals surface area (Å²) in [6.07, 6.45) is 2.24. The smallest absolute Gasteiger partial charge is 0.0628 e. The molecule has 3 nitrogen and oxygen atoms in total. The summed E-state index contributed by atoms with van der Waals surface area (Å²) in [5.74, 6) is 0. The first-order chi connectivity index (χ1) is 7.85. The summed E-state index contributed by atoms with van der Waals surface area (Å²) in [7, 11) is 1.99. The summed E-state index contributed by atoms with van der Waals surface area (Å²) < 4.78 is 2.17. The van der Waals surface area contributed by atoms with Crippen molar-refractivity contribution in [1.82, 2.24) is 15.1 Å². The van der Waals surface area contributed by atoms with Gasteiger partial charge in [0.15, 0.2) is 0 Å². The first-order valence-corrected chi connectivity index (χ1v) is 6.52. The van der Waals surface area contributed by atoms with Crippen molar-refractivity contribution in [3.63, 3.8) is 0 Å². The number of rotatable bonds is 5. The van der Waals surface area contributed by atoms with E-state index in [9.17, 15) is 0 Å². The monoisotopic (exact) mass is 237 g/mol. The van der Waals surface area contributed by atoms with Gasteiger partial charge in [0.1, 0.15) is 0 Å². The maximum absolute atomic E-state index is 4.66. The third-order valence-electron chi connectivity index (χ3n) is 3.23. The predicted molar refractivity (Wildman–Crippen MR) is 73.4 cm³/mol. The molecule has 1 aromatic rings. The molecule has 1 heterocycles. The van der Waals surface area contributed by atoms with Gasteiger partial charge in [0.25, 0.3) is 0 Å². The van der Waals surface area contributed by atoms with Crippen LogP contribution in [-0.4, -0.2) is 23.4 Å². The van der Waals surface area contributed by atoms with Crippen LogP contribution >= 0.6 is 0 Å². The summed E-state index contributed by atoms with van der Waals surface area (Å²) in [6, 6.07) is 0. The fourth-order valence-corrected chi connectivity index (χ4v) is 2.00. The second-order valence-corrected chi connectivity index (χ2v) is 6.04. The van der Waals surface area contributed by atoms with Crippen LogP contribution in [0.15, 0.2) is 0 Å².